The number of amides is 1. The number of hydrogen-bond donors (Lipinski definition) is 1. The van der Waals surface area contributed by atoms with E-state index in [2.05, 4.69) is 39.2 Å². The molecule has 0 saturated carbocycles. The second-order valence-corrected chi connectivity index (χ2v) is 14.1. The van der Waals surface area contributed by atoms with E-state index >= 15 is 0 Å². The molecule has 0 bridgehead atoms. The number of benzene rings is 1. The topological polar surface area (TPSA) is 56.8 Å². The van der Waals surface area contributed by atoms with Gasteiger partial charge in [-0.25, -0.2) is 4.79 Å². The van der Waals surface area contributed by atoms with E-state index in [1.54, 1.807) is 0 Å². The number of rotatable bonds is 8. The summed E-state index contributed by atoms with van der Waals surface area (Å²) in [5.41, 5.74) is 0.460. The Balaban J connectivity index is 2.51. The highest BCUT2D eigenvalue weighted by Crippen LogP contribution is 2.36. The lowest BCUT2D eigenvalue weighted by Crippen LogP contribution is -2.41. The molecule has 0 aliphatic heterocycles. The first-order valence-corrected chi connectivity index (χ1v) is 12.7. The molecule has 1 amide bonds. The maximum absolute atomic E-state index is 11.7. The first-order valence-electron chi connectivity index (χ1n) is 9.81. The molecule has 158 valence electrons. The third-order valence-electron chi connectivity index (χ3n) is 4.59. The third-order valence-corrected chi connectivity index (χ3v) is 9.13. The summed E-state index contributed by atoms with van der Waals surface area (Å²) >= 11 is 0. The molecule has 0 aromatic heterocycles. The van der Waals surface area contributed by atoms with Gasteiger partial charge in [-0.2, -0.15) is 0 Å². The average Bonchev–Trinajstić information content (AvgIpc) is 2.54. The van der Waals surface area contributed by atoms with Gasteiger partial charge in [-0.15, -0.1) is 0 Å². The van der Waals surface area contributed by atoms with Crippen molar-refractivity contribution in [3.05, 3.63) is 35.9 Å². The SMILES string of the molecule is CC(C)(C)OC(=O)NC/C=C/c1ccccc1OCCO[Si](C)(C)C(C)(C)C. The largest absolute Gasteiger partial charge is 0.491 e. The van der Waals surface area contributed by atoms with Crippen molar-refractivity contribution >= 4 is 20.5 Å². The number of ether oxygens (including phenoxy) is 2. The smallest absolute Gasteiger partial charge is 0.407 e. The van der Waals surface area contributed by atoms with Crippen LogP contribution in [0.15, 0.2) is 30.3 Å². The monoisotopic (exact) mass is 407 g/mol. The summed E-state index contributed by atoms with van der Waals surface area (Å²) in [6.07, 6.45) is 3.38. The molecule has 6 heteroatoms. The molecule has 0 aliphatic rings. The van der Waals surface area contributed by atoms with Crippen molar-refractivity contribution in [1.82, 2.24) is 5.32 Å². The summed E-state index contributed by atoms with van der Waals surface area (Å²) in [6, 6.07) is 7.82. The summed E-state index contributed by atoms with van der Waals surface area (Å²) in [5, 5.41) is 2.90. The predicted octanol–water partition coefficient (Wildman–Crippen LogP) is 5.63. The first kappa shape index (κ1) is 24.2. The first-order chi connectivity index (χ1) is 12.8. The van der Waals surface area contributed by atoms with Gasteiger partial charge in [0.05, 0.1) is 6.61 Å². The maximum Gasteiger partial charge on any atom is 0.407 e. The molecule has 0 heterocycles. The minimum absolute atomic E-state index is 0.189. The van der Waals surface area contributed by atoms with Gasteiger partial charge in [0.25, 0.3) is 0 Å². The van der Waals surface area contributed by atoms with E-state index in [0.717, 1.165) is 11.3 Å². The van der Waals surface area contributed by atoms with Crippen LogP contribution in [0.5, 0.6) is 5.75 Å². The lowest BCUT2D eigenvalue weighted by molar-refractivity contribution is 0.0534. The van der Waals surface area contributed by atoms with Gasteiger partial charge in [0.1, 0.15) is 18.0 Å². The Bertz CT molecular complexity index is 657. The van der Waals surface area contributed by atoms with Crippen molar-refractivity contribution in [3.8, 4) is 5.75 Å². The summed E-state index contributed by atoms with van der Waals surface area (Å²) in [7, 11) is -1.76. The molecule has 0 spiro atoms. The molecule has 0 radical (unpaired) electrons. The highest BCUT2D eigenvalue weighted by molar-refractivity contribution is 6.74. The van der Waals surface area contributed by atoms with Gasteiger partial charge in [-0.3, -0.25) is 0 Å². The summed E-state index contributed by atoms with van der Waals surface area (Å²) in [4.78, 5) is 11.7. The molecule has 0 fully saturated rings. The summed E-state index contributed by atoms with van der Waals surface area (Å²) in [5.74, 6) is 0.801. The zero-order valence-corrected chi connectivity index (χ0v) is 19.7. The highest BCUT2D eigenvalue weighted by Gasteiger charge is 2.36. The van der Waals surface area contributed by atoms with Crippen LogP contribution in [-0.4, -0.2) is 39.8 Å². The van der Waals surface area contributed by atoms with Gasteiger partial charge >= 0.3 is 6.09 Å². The molecule has 0 atom stereocenters. The van der Waals surface area contributed by atoms with Crippen molar-refractivity contribution < 1.29 is 18.7 Å². The number of alkyl carbamates (subject to hydrolysis) is 1. The van der Waals surface area contributed by atoms with Crippen molar-refractivity contribution in [3.63, 3.8) is 0 Å². The van der Waals surface area contributed by atoms with Crippen LogP contribution in [0.3, 0.4) is 0 Å². The number of carbonyl (C=O) groups excluding carboxylic acids is 1. The number of nitrogens with one attached hydrogen (secondary N) is 1. The number of hydrogen-bond acceptors (Lipinski definition) is 4. The van der Waals surface area contributed by atoms with Crippen LogP contribution < -0.4 is 10.1 Å². The Labute approximate surface area is 171 Å². The molecule has 0 aliphatic carbocycles. The van der Waals surface area contributed by atoms with E-state index in [4.69, 9.17) is 13.9 Å². The van der Waals surface area contributed by atoms with Crippen LogP contribution in [-0.2, 0) is 9.16 Å². The van der Waals surface area contributed by atoms with E-state index < -0.39 is 20.0 Å². The van der Waals surface area contributed by atoms with E-state index in [9.17, 15) is 4.79 Å². The molecule has 1 rings (SSSR count). The molecule has 1 aromatic rings. The Morgan fingerprint density at radius 3 is 2.32 bits per heavy atom. The van der Waals surface area contributed by atoms with Crippen LogP contribution in [0.25, 0.3) is 6.08 Å². The summed E-state index contributed by atoms with van der Waals surface area (Å²) in [6.45, 7) is 18.1. The standard InChI is InChI=1S/C22H37NO4Si/c1-21(2,3)27-20(24)23-15-11-13-18-12-9-10-14-19(18)25-16-17-26-28(7,8)22(4,5)6/h9-14H,15-17H2,1-8H3,(H,23,24)/b13-11+. The summed E-state index contributed by atoms with van der Waals surface area (Å²) < 4.78 is 17.3. The number of para-hydroxylation sites is 1. The van der Waals surface area contributed by atoms with Crippen LogP contribution in [0.1, 0.15) is 47.1 Å². The number of carbonyl (C=O) groups is 1. The molecular weight excluding hydrogens is 370 g/mol. The fourth-order valence-corrected chi connectivity index (χ4v) is 3.08. The zero-order valence-electron chi connectivity index (χ0n) is 18.7. The molecule has 5 nitrogen and oxygen atoms in total. The van der Waals surface area contributed by atoms with Crippen molar-refractivity contribution in [2.45, 2.75) is 65.3 Å². The Kier molecular flexibility index (Phi) is 8.76. The van der Waals surface area contributed by atoms with Crippen molar-refractivity contribution in [2.75, 3.05) is 19.8 Å². The van der Waals surface area contributed by atoms with E-state index in [-0.39, 0.29) is 5.04 Å². The third kappa shape index (κ3) is 8.93. The molecular formula is C22H37NO4Si. The molecule has 1 aromatic carbocycles. The van der Waals surface area contributed by atoms with E-state index in [0.29, 0.717) is 19.8 Å². The second kappa shape index (κ2) is 10.1. The van der Waals surface area contributed by atoms with Crippen molar-refractivity contribution in [2.24, 2.45) is 0 Å². The van der Waals surface area contributed by atoms with Crippen LogP contribution in [0, 0.1) is 0 Å². The molecule has 28 heavy (non-hydrogen) atoms. The van der Waals surface area contributed by atoms with Crippen LogP contribution in [0.2, 0.25) is 18.1 Å². The fourth-order valence-electron chi connectivity index (χ4n) is 2.06. The lowest BCUT2D eigenvalue weighted by atomic mass is 10.2. The van der Waals surface area contributed by atoms with Crippen LogP contribution >= 0.6 is 0 Å². The van der Waals surface area contributed by atoms with Crippen LogP contribution in [0.4, 0.5) is 4.79 Å². The minimum atomic E-state index is -1.76. The minimum Gasteiger partial charge on any atom is -0.491 e. The maximum atomic E-state index is 11.7. The van der Waals surface area contributed by atoms with Gasteiger partial charge in [-0.1, -0.05) is 51.1 Å². The Morgan fingerprint density at radius 2 is 1.71 bits per heavy atom. The van der Waals surface area contributed by atoms with Gasteiger partial charge in [0, 0.05) is 12.1 Å². The van der Waals surface area contributed by atoms with Gasteiger partial charge < -0.3 is 19.2 Å². The lowest BCUT2D eigenvalue weighted by Gasteiger charge is -2.36. The van der Waals surface area contributed by atoms with E-state index in [1.165, 1.54) is 0 Å². The fraction of sp³-hybridized carbons (Fsp3) is 0.591. The predicted molar refractivity (Wildman–Crippen MR) is 118 cm³/mol. The van der Waals surface area contributed by atoms with Gasteiger partial charge in [-0.05, 0) is 45.0 Å². The second-order valence-electron chi connectivity index (χ2n) is 9.28. The van der Waals surface area contributed by atoms with Gasteiger partial charge in [0.15, 0.2) is 8.32 Å². The Morgan fingerprint density at radius 1 is 1.07 bits per heavy atom. The van der Waals surface area contributed by atoms with Gasteiger partial charge in [0.2, 0.25) is 0 Å². The highest BCUT2D eigenvalue weighted by atomic mass is 28.4. The van der Waals surface area contributed by atoms with E-state index in [1.807, 2.05) is 57.2 Å². The Hall–Kier alpha value is -1.79. The molecule has 0 saturated heterocycles. The quantitative estimate of drug-likeness (QED) is 0.448. The average molecular weight is 408 g/mol. The van der Waals surface area contributed by atoms with Crippen molar-refractivity contribution in [1.29, 1.82) is 0 Å². The zero-order chi connectivity index (χ0) is 21.4. The molecule has 0 unspecified atom stereocenters. The molecule has 1 N–H and O–H groups in total. The normalized spacial score (nSPS) is 12.9.